The van der Waals surface area contributed by atoms with Gasteiger partial charge in [0.05, 0.1) is 5.69 Å². The fraction of sp³-hybridized carbons (Fsp3) is 0.308. The van der Waals surface area contributed by atoms with Gasteiger partial charge in [-0.05, 0) is 24.8 Å². The van der Waals surface area contributed by atoms with Crippen molar-refractivity contribution in [1.29, 1.82) is 0 Å². The number of hydrogen-bond donors (Lipinski definition) is 1. The summed E-state index contributed by atoms with van der Waals surface area (Å²) in [5, 5.41) is 5.33. The maximum absolute atomic E-state index is 13.5. The van der Waals surface area contributed by atoms with Crippen molar-refractivity contribution in [3.05, 3.63) is 71.6 Å². The molecule has 1 aromatic heterocycles. The molecule has 3 aromatic rings. The van der Waals surface area contributed by atoms with Crippen molar-refractivity contribution < 1.29 is 14.4 Å². The summed E-state index contributed by atoms with van der Waals surface area (Å²) in [6.07, 6.45) is 3.70. The van der Waals surface area contributed by atoms with E-state index in [4.69, 9.17) is 4.98 Å². The van der Waals surface area contributed by atoms with E-state index >= 15 is 0 Å². The van der Waals surface area contributed by atoms with Gasteiger partial charge < -0.3 is 5.32 Å². The number of hydrogen-bond acceptors (Lipinski definition) is 5. The van der Waals surface area contributed by atoms with Crippen LogP contribution < -0.4 is 10.2 Å². The summed E-state index contributed by atoms with van der Waals surface area (Å²) < 4.78 is 0. The average molecular weight is 475 g/mol. The number of nitrogens with zero attached hydrogens (tertiary/aromatic N) is 3. The first-order valence-corrected chi connectivity index (χ1v) is 12.4. The van der Waals surface area contributed by atoms with Crippen LogP contribution >= 0.6 is 11.3 Å². The van der Waals surface area contributed by atoms with Crippen LogP contribution in [0.25, 0.3) is 11.3 Å². The standard InChI is InChI=1S/C26H26N4O3S/c31-22(17-30-23(32)26(28-24(30)33)14-7-8-15-26)29(16-13-19-9-3-1-4-10-19)25-27-21(18-34-25)20-11-5-2-6-12-20/h1-6,9-12,18H,7-8,13-17H2,(H,28,33). The van der Waals surface area contributed by atoms with Gasteiger partial charge in [0.1, 0.15) is 12.1 Å². The molecule has 2 aromatic carbocycles. The topological polar surface area (TPSA) is 82.6 Å². The van der Waals surface area contributed by atoms with Crippen molar-refractivity contribution in [1.82, 2.24) is 15.2 Å². The number of rotatable bonds is 7. The van der Waals surface area contributed by atoms with Crippen molar-refractivity contribution in [3.8, 4) is 11.3 Å². The normalized spacial score (nSPS) is 16.8. The minimum atomic E-state index is -0.826. The molecule has 0 bridgehead atoms. The molecule has 1 saturated carbocycles. The van der Waals surface area contributed by atoms with E-state index in [-0.39, 0.29) is 18.4 Å². The van der Waals surface area contributed by atoms with E-state index in [0.717, 1.165) is 34.6 Å². The highest BCUT2D eigenvalue weighted by atomic mass is 32.1. The Morgan fingerprint density at radius 3 is 2.41 bits per heavy atom. The number of carbonyl (C=O) groups excluding carboxylic acids is 3. The van der Waals surface area contributed by atoms with Crippen LogP contribution in [0.2, 0.25) is 0 Å². The quantitative estimate of drug-likeness (QED) is 0.519. The van der Waals surface area contributed by atoms with E-state index in [1.165, 1.54) is 11.3 Å². The first kappa shape index (κ1) is 22.3. The average Bonchev–Trinajstić information content (AvgIpc) is 3.58. The number of amides is 4. The molecule has 8 heteroatoms. The third-order valence-corrected chi connectivity index (χ3v) is 7.42. The molecule has 1 spiro atoms. The maximum Gasteiger partial charge on any atom is 0.325 e. The summed E-state index contributed by atoms with van der Waals surface area (Å²) in [5.41, 5.74) is 2.03. The maximum atomic E-state index is 13.5. The summed E-state index contributed by atoms with van der Waals surface area (Å²) in [6, 6.07) is 19.2. The molecule has 2 fully saturated rings. The lowest BCUT2D eigenvalue weighted by molar-refractivity contribution is -0.134. The lowest BCUT2D eigenvalue weighted by Crippen LogP contribution is -2.46. The Kier molecular flexibility index (Phi) is 6.15. The summed E-state index contributed by atoms with van der Waals surface area (Å²) in [5.74, 6) is -0.598. The highest BCUT2D eigenvalue weighted by Gasteiger charge is 2.52. The lowest BCUT2D eigenvalue weighted by Gasteiger charge is -2.23. The number of thiazole rings is 1. The number of nitrogens with one attached hydrogen (secondary N) is 1. The third-order valence-electron chi connectivity index (χ3n) is 6.56. The van der Waals surface area contributed by atoms with Crippen LogP contribution in [0.4, 0.5) is 9.93 Å². The van der Waals surface area contributed by atoms with Gasteiger partial charge in [0, 0.05) is 17.5 Å². The minimum absolute atomic E-state index is 0.282. The summed E-state index contributed by atoms with van der Waals surface area (Å²) in [7, 11) is 0. The Morgan fingerprint density at radius 2 is 1.71 bits per heavy atom. The molecule has 1 N–H and O–H groups in total. The predicted octanol–water partition coefficient (Wildman–Crippen LogP) is 4.25. The number of benzene rings is 2. The van der Waals surface area contributed by atoms with Crippen molar-refractivity contribution in [2.24, 2.45) is 0 Å². The van der Waals surface area contributed by atoms with Crippen molar-refractivity contribution in [2.75, 3.05) is 18.0 Å². The zero-order valence-electron chi connectivity index (χ0n) is 18.8. The highest BCUT2D eigenvalue weighted by molar-refractivity contribution is 7.14. The van der Waals surface area contributed by atoms with Gasteiger partial charge in [0.2, 0.25) is 5.91 Å². The van der Waals surface area contributed by atoms with Gasteiger partial charge in [0.25, 0.3) is 5.91 Å². The van der Waals surface area contributed by atoms with E-state index < -0.39 is 11.6 Å². The summed E-state index contributed by atoms with van der Waals surface area (Å²) in [4.78, 5) is 46.6. The largest absolute Gasteiger partial charge is 0.325 e. The SMILES string of the molecule is O=C1NC2(CCCC2)C(=O)N1CC(=O)N(CCc1ccccc1)c1nc(-c2ccccc2)cs1. The molecule has 2 aliphatic rings. The van der Waals surface area contributed by atoms with Gasteiger partial charge >= 0.3 is 6.03 Å². The molecule has 174 valence electrons. The molecule has 34 heavy (non-hydrogen) atoms. The van der Waals surface area contributed by atoms with Gasteiger partial charge in [-0.15, -0.1) is 11.3 Å². The molecule has 7 nitrogen and oxygen atoms in total. The van der Waals surface area contributed by atoms with Gasteiger partial charge in [0.15, 0.2) is 5.13 Å². The molecule has 4 amide bonds. The molecular formula is C26H26N4O3S. The van der Waals surface area contributed by atoms with Gasteiger partial charge in [-0.3, -0.25) is 19.4 Å². The van der Waals surface area contributed by atoms with E-state index in [9.17, 15) is 14.4 Å². The first-order chi connectivity index (χ1) is 16.6. The van der Waals surface area contributed by atoms with Crippen LogP contribution in [0.15, 0.2) is 66.0 Å². The van der Waals surface area contributed by atoms with Crippen molar-refractivity contribution >= 4 is 34.3 Å². The van der Waals surface area contributed by atoms with Crippen molar-refractivity contribution in [2.45, 2.75) is 37.6 Å². The predicted molar refractivity (Wildman–Crippen MR) is 131 cm³/mol. The summed E-state index contributed by atoms with van der Waals surface area (Å²) >= 11 is 1.38. The third kappa shape index (κ3) is 4.33. The Morgan fingerprint density at radius 1 is 1.03 bits per heavy atom. The first-order valence-electron chi connectivity index (χ1n) is 11.6. The Balaban J connectivity index is 1.38. The highest BCUT2D eigenvalue weighted by Crippen LogP contribution is 2.35. The van der Waals surface area contributed by atoms with Crippen LogP contribution in [-0.2, 0) is 16.0 Å². The van der Waals surface area contributed by atoms with Crippen LogP contribution in [0.5, 0.6) is 0 Å². The van der Waals surface area contributed by atoms with Crippen molar-refractivity contribution in [3.63, 3.8) is 0 Å². The number of urea groups is 1. The molecule has 0 unspecified atom stereocenters. The second kappa shape index (κ2) is 9.38. The van der Waals surface area contributed by atoms with Crippen LogP contribution in [0.3, 0.4) is 0 Å². The fourth-order valence-corrected chi connectivity index (χ4v) is 5.58. The second-order valence-electron chi connectivity index (χ2n) is 8.77. The molecule has 0 radical (unpaired) electrons. The van der Waals surface area contributed by atoms with E-state index in [0.29, 0.717) is 30.9 Å². The molecule has 1 aliphatic carbocycles. The molecule has 2 heterocycles. The lowest BCUT2D eigenvalue weighted by atomic mass is 9.98. The van der Waals surface area contributed by atoms with Crippen LogP contribution in [0.1, 0.15) is 31.2 Å². The number of carbonyl (C=O) groups is 3. The molecule has 5 rings (SSSR count). The smallest absolute Gasteiger partial charge is 0.323 e. The zero-order chi connectivity index (χ0) is 23.5. The van der Waals surface area contributed by atoms with E-state index in [2.05, 4.69) is 5.32 Å². The Bertz CT molecular complexity index is 1190. The van der Waals surface area contributed by atoms with E-state index in [1.807, 2.05) is 66.0 Å². The zero-order valence-corrected chi connectivity index (χ0v) is 19.6. The molecular weight excluding hydrogens is 448 g/mol. The fourth-order valence-electron chi connectivity index (χ4n) is 4.70. The van der Waals surface area contributed by atoms with Gasteiger partial charge in [-0.1, -0.05) is 73.5 Å². The number of anilines is 1. The van der Waals surface area contributed by atoms with Crippen LogP contribution in [-0.4, -0.2) is 46.4 Å². The molecule has 1 aliphatic heterocycles. The van der Waals surface area contributed by atoms with Gasteiger partial charge in [-0.25, -0.2) is 9.78 Å². The van der Waals surface area contributed by atoms with Gasteiger partial charge in [-0.2, -0.15) is 0 Å². The van der Waals surface area contributed by atoms with E-state index in [1.54, 1.807) is 4.90 Å². The molecule has 1 saturated heterocycles. The Labute approximate surface area is 202 Å². The molecule has 0 atom stereocenters. The Hall–Kier alpha value is -3.52. The second-order valence-corrected chi connectivity index (χ2v) is 9.61. The minimum Gasteiger partial charge on any atom is -0.323 e. The van der Waals surface area contributed by atoms with Crippen LogP contribution in [0, 0.1) is 0 Å². The number of imide groups is 1. The summed E-state index contributed by atoms with van der Waals surface area (Å²) in [6.45, 7) is 0.112. The monoisotopic (exact) mass is 474 g/mol. The number of aromatic nitrogens is 1.